The van der Waals surface area contributed by atoms with Crippen molar-refractivity contribution in [2.24, 2.45) is 0 Å². The van der Waals surface area contributed by atoms with E-state index in [2.05, 4.69) is 32.2 Å². The van der Waals surface area contributed by atoms with Crippen LogP contribution in [-0.2, 0) is 15.3 Å². The van der Waals surface area contributed by atoms with Crippen molar-refractivity contribution in [3.05, 3.63) is 29.8 Å². The van der Waals surface area contributed by atoms with E-state index >= 15 is 0 Å². The van der Waals surface area contributed by atoms with Crippen LogP contribution in [0.4, 0.5) is 10.5 Å². The minimum Gasteiger partial charge on any atom is -0.449 e. The van der Waals surface area contributed by atoms with Crippen LogP contribution in [0.25, 0.3) is 0 Å². The Hall–Kier alpha value is -1.69. The number of amides is 2. The molecule has 0 aromatic heterocycles. The molecule has 0 bridgehead atoms. The van der Waals surface area contributed by atoms with Crippen molar-refractivity contribution in [2.45, 2.75) is 57.7 Å². The average molecular weight is 393 g/mol. The third-order valence-corrected chi connectivity index (χ3v) is 5.80. The summed E-state index contributed by atoms with van der Waals surface area (Å²) in [6, 6.07) is 8.24. The van der Waals surface area contributed by atoms with Gasteiger partial charge in [-0.25, -0.2) is 4.79 Å². The Morgan fingerprint density at radius 1 is 1.22 bits per heavy atom. The zero-order valence-electron chi connectivity index (χ0n) is 17.0. The monoisotopic (exact) mass is 392 g/mol. The number of benzene rings is 1. The molecule has 2 amide bonds. The Morgan fingerprint density at radius 3 is 2.37 bits per heavy atom. The van der Waals surface area contributed by atoms with Gasteiger partial charge in [0.15, 0.2) is 0 Å². The quantitative estimate of drug-likeness (QED) is 0.632. The molecule has 0 aliphatic carbocycles. The van der Waals surface area contributed by atoms with Gasteiger partial charge in [0.25, 0.3) is 0 Å². The first-order chi connectivity index (χ1) is 12.9. The number of rotatable bonds is 7. The van der Waals surface area contributed by atoms with Crippen molar-refractivity contribution in [1.82, 2.24) is 4.90 Å². The summed E-state index contributed by atoms with van der Waals surface area (Å²) in [4.78, 5) is 28.3. The Bertz CT molecular complexity index is 625. The fourth-order valence-corrected chi connectivity index (χ4v) is 4.10. The number of hydrogen-bond acceptors (Lipinski definition) is 4. The lowest BCUT2D eigenvalue weighted by atomic mass is 9.87. The fraction of sp³-hybridized carbons (Fsp3) is 0.619. The minimum atomic E-state index is -0.299. The third-order valence-electron chi connectivity index (χ3n) is 5.18. The third kappa shape index (κ3) is 5.64. The molecule has 0 atom stereocenters. The number of piperidine rings is 1. The lowest BCUT2D eigenvalue weighted by Gasteiger charge is -2.46. The summed E-state index contributed by atoms with van der Waals surface area (Å²) in [5.74, 6) is 1.00. The number of nitrogens with zero attached hydrogens (tertiary/aromatic N) is 2. The van der Waals surface area contributed by atoms with Crippen LogP contribution in [0.3, 0.4) is 0 Å². The van der Waals surface area contributed by atoms with Crippen LogP contribution in [0, 0.1) is 0 Å². The zero-order valence-corrected chi connectivity index (χ0v) is 17.8. The van der Waals surface area contributed by atoms with Gasteiger partial charge in [-0.15, -0.1) is 0 Å². The molecule has 150 valence electrons. The molecular formula is C21H32N2O3S. The molecule has 1 heterocycles. The molecule has 1 saturated heterocycles. The molecule has 0 unspecified atom stereocenters. The first-order valence-corrected chi connectivity index (χ1v) is 11.1. The maximum Gasteiger partial charge on any atom is 0.409 e. The van der Waals surface area contributed by atoms with Crippen molar-refractivity contribution in [2.75, 3.05) is 30.9 Å². The number of ether oxygens (including phenoxy) is 1. The maximum atomic E-state index is 12.5. The van der Waals surface area contributed by atoms with Crippen LogP contribution in [0.5, 0.6) is 0 Å². The smallest absolute Gasteiger partial charge is 0.409 e. The second kappa shape index (κ2) is 10.0. The van der Waals surface area contributed by atoms with Gasteiger partial charge in [-0.2, -0.15) is 11.8 Å². The lowest BCUT2D eigenvalue weighted by molar-refractivity contribution is -0.118. The second-order valence-electron chi connectivity index (χ2n) is 7.41. The van der Waals surface area contributed by atoms with Gasteiger partial charge in [0.1, 0.15) is 0 Å². The summed E-state index contributed by atoms with van der Waals surface area (Å²) in [6.07, 6.45) is 5.22. The van der Waals surface area contributed by atoms with E-state index < -0.39 is 0 Å². The predicted molar refractivity (Wildman–Crippen MR) is 112 cm³/mol. The van der Waals surface area contributed by atoms with Gasteiger partial charge < -0.3 is 14.5 Å². The zero-order chi connectivity index (χ0) is 19.9. The van der Waals surface area contributed by atoms with Crippen LogP contribution in [0.1, 0.15) is 52.0 Å². The van der Waals surface area contributed by atoms with Gasteiger partial charge in [0.05, 0.1) is 6.61 Å². The molecule has 1 aromatic rings. The standard InChI is InChI=1S/C21H32N2O3S/c1-5-6-15-26-20(25)22-13-11-21(3,12-14-22)23(17(2)24)19-9-7-18(8-10-19)16-27-4/h7-10H,5-6,11-16H2,1-4H3. The maximum absolute atomic E-state index is 12.5. The molecule has 1 aliphatic rings. The topological polar surface area (TPSA) is 49.9 Å². The summed E-state index contributed by atoms with van der Waals surface area (Å²) >= 11 is 1.78. The molecular weight excluding hydrogens is 360 g/mol. The molecule has 0 radical (unpaired) electrons. The highest BCUT2D eigenvalue weighted by Crippen LogP contribution is 2.33. The van der Waals surface area contributed by atoms with E-state index in [1.54, 1.807) is 23.6 Å². The molecule has 1 aromatic carbocycles. The van der Waals surface area contributed by atoms with Crippen LogP contribution < -0.4 is 4.90 Å². The normalized spacial score (nSPS) is 16.1. The Kier molecular flexibility index (Phi) is 8.02. The highest BCUT2D eigenvalue weighted by Gasteiger charge is 2.39. The van der Waals surface area contributed by atoms with Gasteiger partial charge in [0, 0.05) is 37.0 Å². The SMILES string of the molecule is CCCCOC(=O)N1CCC(C)(N(C(C)=O)c2ccc(CSC)cc2)CC1. The van der Waals surface area contributed by atoms with Gasteiger partial charge >= 0.3 is 6.09 Å². The molecule has 0 spiro atoms. The number of thioether (sulfide) groups is 1. The molecule has 2 rings (SSSR count). The first-order valence-electron chi connectivity index (χ1n) is 9.71. The Labute approximate surface area is 167 Å². The predicted octanol–water partition coefficient (Wildman–Crippen LogP) is 4.69. The van der Waals surface area contributed by atoms with Gasteiger partial charge in [-0.05, 0) is 50.1 Å². The summed E-state index contributed by atoms with van der Waals surface area (Å²) in [5, 5.41) is 0. The second-order valence-corrected chi connectivity index (χ2v) is 8.27. The molecule has 0 N–H and O–H groups in total. The molecule has 5 nitrogen and oxygen atoms in total. The minimum absolute atomic E-state index is 0.0362. The van der Waals surface area contributed by atoms with Gasteiger partial charge in [0.2, 0.25) is 5.91 Å². The van der Waals surface area contributed by atoms with Crippen molar-refractivity contribution < 1.29 is 14.3 Å². The van der Waals surface area contributed by atoms with E-state index in [-0.39, 0.29) is 17.5 Å². The van der Waals surface area contributed by atoms with Crippen molar-refractivity contribution in [1.29, 1.82) is 0 Å². The number of likely N-dealkylation sites (tertiary alicyclic amines) is 1. The largest absolute Gasteiger partial charge is 0.449 e. The first kappa shape index (κ1) is 21.6. The van der Waals surface area contributed by atoms with Crippen LogP contribution in [0.15, 0.2) is 24.3 Å². The Balaban J connectivity index is 2.05. The summed E-state index contributed by atoms with van der Waals surface area (Å²) < 4.78 is 5.32. The van der Waals surface area contributed by atoms with Crippen LogP contribution in [-0.4, -0.2) is 48.4 Å². The van der Waals surface area contributed by atoms with Gasteiger partial charge in [-0.1, -0.05) is 25.5 Å². The van der Waals surface area contributed by atoms with E-state index in [9.17, 15) is 9.59 Å². The van der Waals surface area contributed by atoms with E-state index in [1.165, 1.54) is 5.56 Å². The number of unbranched alkanes of at least 4 members (excludes halogenated alkanes) is 1. The van der Waals surface area contributed by atoms with E-state index in [0.29, 0.717) is 19.7 Å². The van der Waals surface area contributed by atoms with Crippen molar-refractivity contribution in [3.8, 4) is 0 Å². The van der Waals surface area contributed by atoms with Crippen LogP contribution >= 0.6 is 11.8 Å². The average Bonchev–Trinajstić information content (AvgIpc) is 2.64. The van der Waals surface area contributed by atoms with E-state index in [4.69, 9.17) is 4.74 Å². The highest BCUT2D eigenvalue weighted by molar-refractivity contribution is 7.97. The molecule has 6 heteroatoms. The molecule has 0 saturated carbocycles. The number of carbonyl (C=O) groups is 2. The molecule has 1 fully saturated rings. The lowest BCUT2D eigenvalue weighted by Crippen LogP contribution is -2.56. The Morgan fingerprint density at radius 2 is 1.85 bits per heavy atom. The molecule has 1 aliphatic heterocycles. The van der Waals surface area contributed by atoms with E-state index in [0.717, 1.165) is 37.1 Å². The van der Waals surface area contributed by atoms with Crippen molar-refractivity contribution >= 4 is 29.4 Å². The summed E-state index contributed by atoms with van der Waals surface area (Å²) in [7, 11) is 0. The fourth-order valence-electron chi connectivity index (χ4n) is 3.57. The van der Waals surface area contributed by atoms with Gasteiger partial charge in [-0.3, -0.25) is 4.79 Å². The number of hydrogen-bond donors (Lipinski definition) is 0. The number of anilines is 1. The van der Waals surface area contributed by atoms with Crippen LogP contribution in [0.2, 0.25) is 0 Å². The highest BCUT2D eigenvalue weighted by atomic mass is 32.2. The summed E-state index contributed by atoms with van der Waals surface area (Å²) in [6.45, 7) is 7.50. The summed E-state index contributed by atoms with van der Waals surface area (Å²) in [5.41, 5.74) is 1.88. The molecule has 27 heavy (non-hydrogen) atoms. The van der Waals surface area contributed by atoms with Crippen molar-refractivity contribution in [3.63, 3.8) is 0 Å². The number of carbonyl (C=O) groups excluding carboxylic acids is 2. The van der Waals surface area contributed by atoms with E-state index in [1.807, 2.05) is 17.0 Å².